The molecule has 0 spiro atoms. The highest BCUT2D eigenvalue weighted by atomic mass is 16.5. The fraction of sp³-hybridized carbons (Fsp3) is 0.476. The van der Waals surface area contributed by atoms with E-state index in [9.17, 15) is 0 Å². The number of hydrogen-bond donors (Lipinski definition) is 1. The summed E-state index contributed by atoms with van der Waals surface area (Å²) in [5.41, 5.74) is 9.42. The molecule has 2 aromatic heterocycles. The number of nitrogens with zero attached hydrogens (tertiary/aromatic N) is 5. The molecular weight excluding hydrogens is 352 g/mol. The van der Waals surface area contributed by atoms with Gasteiger partial charge in [-0.25, -0.2) is 15.0 Å². The molecule has 0 radical (unpaired) electrons. The summed E-state index contributed by atoms with van der Waals surface area (Å²) >= 11 is 0. The van der Waals surface area contributed by atoms with Gasteiger partial charge in [0.1, 0.15) is 5.82 Å². The van der Waals surface area contributed by atoms with Crippen LogP contribution in [-0.2, 0) is 11.3 Å². The Morgan fingerprint density at radius 2 is 1.93 bits per heavy atom. The topological polar surface area (TPSA) is 82.1 Å². The van der Waals surface area contributed by atoms with Gasteiger partial charge >= 0.3 is 0 Å². The summed E-state index contributed by atoms with van der Waals surface area (Å²) < 4.78 is 7.92. The van der Waals surface area contributed by atoms with Gasteiger partial charge in [-0.05, 0) is 51.0 Å². The lowest BCUT2D eigenvalue weighted by Gasteiger charge is -2.34. The summed E-state index contributed by atoms with van der Waals surface area (Å²) in [4.78, 5) is 17.3. The average Bonchev–Trinajstić information content (AvgIpc) is 3.48. The molecule has 0 unspecified atom stereocenters. The van der Waals surface area contributed by atoms with Crippen LogP contribution in [0.3, 0.4) is 0 Å². The molecule has 1 saturated heterocycles. The molecule has 7 heteroatoms. The van der Waals surface area contributed by atoms with Gasteiger partial charge in [0.15, 0.2) is 22.8 Å². The van der Waals surface area contributed by atoms with E-state index in [1.807, 2.05) is 24.3 Å². The van der Waals surface area contributed by atoms with Crippen molar-refractivity contribution in [2.75, 3.05) is 30.4 Å². The van der Waals surface area contributed by atoms with Crippen LogP contribution in [0.15, 0.2) is 24.3 Å². The maximum absolute atomic E-state index is 5.87. The van der Waals surface area contributed by atoms with Crippen LogP contribution in [0.25, 0.3) is 22.6 Å². The molecule has 2 N–H and O–H groups in total. The Kier molecular flexibility index (Phi) is 4.19. The second-order valence-corrected chi connectivity index (χ2v) is 7.77. The highest BCUT2D eigenvalue weighted by Crippen LogP contribution is 2.42. The van der Waals surface area contributed by atoms with E-state index in [-0.39, 0.29) is 6.04 Å². The zero-order chi connectivity index (χ0) is 19.3. The summed E-state index contributed by atoms with van der Waals surface area (Å²) in [6.07, 6.45) is 2.43. The molecule has 1 aliphatic heterocycles. The predicted octanol–water partition coefficient (Wildman–Crippen LogP) is 3.20. The summed E-state index contributed by atoms with van der Waals surface area (Å²) in [5.74, 6) is 3.35. The zero-order valence-corrected chi connectivity index (χ0v) is 16.4. The third-order valence-electron chi connectivity index (χ3n) is 5.67. The highest BCUT2D eigenvalue weighted by Gasteiger charge is 2.32. The van der Waals surface area contributed by atoms with E-state index in [0.29, 0.717) is 19.1 Å². The Bertz CT molecular complexity index is 1010. The van der Waals surface area contributed by atoms with E-state index in [1.54, 1.807) is 0 Å². The van der Waals surface area contributed by atoms with Gasteiger partial charge in [0.25, 0.3) is 0 Å². The maximum atomic E-state index is 5.87. The third-order valence-corrected chi connectivity index (χ3v) is 5.67. The van der Waals surface area contributed by atoms with E-state index in [1.165, 1.54) is 12.8 Å². The molecule has 2 fully saturated rings. The number of benzene rings is 1. The van der Waals surface area contributed by atoms with Gasteiger partial charge in [-0.15, -0.1) is 0 Å². The summed E-state index contributed by atoms with van der Waals surface area (Å²) in [7, 11) is 0. The predicted molar refractivity (Wildman–Crippen MR) is 110 cm³/mol. The number of nitrogens with two attached hydrogens (primary N) is 1. The number of aromatic nitrogens is 4. The Labute approximate surface area is 164 Å². The Hall–Kier alpha value is -2.67. The largest absolute Gasteiger partial charge is 0.399 e. The molecule has 7 nitrogen and oxygen atoms in total. The molecule has 3 heterocycles. The lowest BCUT2D eigenvalue weighted by molar-refractivity contribution is 0.0987. The number of imidazole rings is 1. The van der Waals surface area contributed by atoms with Crippen LogP contribution < -0.4 is 10.6 Å². The summed E-state index contributed by atoms with van der Waals surface area (Å²) in [5, 5.41) is 0. The minimum Gasteiger partial charge on any atom is -0.399 e. The van der Waals surface area contributed by atoms with Crippen molar-refractivity contribution in [2.24, 2.45) is 0 Å². The molecule has 1 aromatic carbocycles. The number of ether oxygens (including phenoxy) is 1. The number of rotatable bonds is 4. The number of nitrogen functional groups attached to an aromatic ring is 1. The van der Waals surface area contributed by atoms with Crippen LogP contribution in [-0.4, -0.2) is 45.3 Å². The van der Waals surface area contributed by atoms with E-state index in [4.69, 9.17) is 25.4 Å². The molecule has 3 aromatic rings. The van der Waals surface area contributed by atoms with Gasteiger partial charge in [0.05, 0.1) is 19.3 Å². The van der Waals surface area contributed by atoms with Gasteiger partial charge in [0.2, 0.25) is 0 Å². The minimum atomic E-state index is 0.252. The van der Waals surface area contributed by atoms with Crippen molar-refractivity contribution < 1.29 is 4.74 Å². The SMILES string of the molecule is CCn1c(C2CC2)nc2c(N3CCOC[C@@H]3C)nc(-c3ccc(N)cc3)nc21. The van der Waals surface area contributed by atoms with Crippen molar-refractivity contribution >= 4 is 22.7 Å². The van der Waals surface area contributed by atoms with Crippen molar-refractivity contribution in [1.29, 1.82) is 0 Å². The fourth-order valence-corrected chi connectivity index (χ4v) is 3.97. The first kappa shape index (κ1) is 17.4. The zero-order valence-electron chi connectivity index (χ0n) is 16.4. The number of morpholine rings is 1. The van der Waals surface area contributed by atoms with Gasteiger partial charge in [-0.3, -0.25) is 0 Å². The minimum absolute atomic E-state index is 0.252. The third kappa shape index (κ3) is 2.90. The average molecular weight is 378 g/mol. The first-order valence-corrected chi connectivity index (χ1v) is 10.1. The summed E-state index contributed by atoms with van der Waals surface area (Å²) in [6, 6.07) is 8.01. The molecule has 146 valence electrons. The molecule has 1 saturated carbocycles. The maximum Gasteiger partial charge on any atom is 0.166 e. The Morgan fingerprint density at radius 3 is 2.61 bits per heavy atom. The fourth-order valence-electron chi connectivity index (χ4n) is 3.97. The normalized spacial score (nSPS) is 20.1. The van der Waals surface area contributed by atoms with Crippen LogP contribution >= 0.6 is 0 Å². The van der Waals surface area contributed by atoms with Crippen molar-refractivity contribution in [2.45, 2.75) is 45.2 Å². The smallest absolute Gasteiger partial charge is 0.166 e. The highest BCUT2D eigenvalue weighted by molar-refractivity contribution is 5.86. The van der Waals surface area contributed by atoms with Crippen LogP contribution in [0.2, 0.25) is 0 Å². The molecule has 1 atom stereocenters. The van der Waals surface area contributed by atoms with Crippen molar-refractivity contribution in [3.63, 3.8) is 0 Å². The van der Waals surface area contributed by atoms with Crippen LogP contribution in [0.1, 0.15) is 38.4 Å². The molecule has 2 aliphatic rings. The molecule has 5 rings (SSSR count). The summed E-state index contributed by atoms with van der Waals surface area (Å²) in [6.45, 7) is 7.41. The molecule has 1 aliphatic carbocycles. The van der Waals surface area contributed by atoms with Crippen LogP contribution in [0.4, 0.5) is 11.5 Å². The second-order valence-electron chi connectivity index (χ2n) is 7.77. The Balaban J connectivity index is 1.73. The van der Waals surface area contributed by atoms with E-state index in [0.717, 1.165) is 53.0 Å². The van der Waals surface area contributed by atoms with Crippen LogP contribution in [0, 0.1) is 0 Å². The van der Waals surface area contributed by atoms with Gasteiger partial charge in [0, 0.05) is 30.3 Å². The standard InChI is InChI=1S/C21H26N6O/c1-3-26-19(15-4-5-15)23-17-20(26)24-18(14-6-8-16(22)9-7-14)25-21(17)27-10-11-28-12-13(27)2/h6-9,13,15H,3-5,10-12,22H2,1-2H3/t13-/m0/s1. The lowest BCUT2D eigenvalue weighted by atomic mass is 10.2. The molecule has 0 amide bonds. The quantitative estimate of drug-likeness (QED) is 0.702. The first-order chi connectivity index (χ1) is 13.7. The van der Waals surface area contributed by atoms with Gasteiger partial charge in [-0.1, -0.05) is 0 Å². The first-order valence-electron chi connectivity index (χ1n) is 10.1. The van der Waals surface area contributed by atoms with Gasteiger partial charge < -0.3 is 19.9 Å². The van der Waals surface area contributed by atoms with Crippen molar-refractivity contribution in [3.8, 4) is 11.4 Å². The van der Waals surface area contributed by atoms with E-state index >= 15 is 0 Å². The van der Waals surface area contributed by atoms with Crippen molar-refractivity contribution in [1.82, 2.24) is 19.5 Å². The number of anilines is 2. The monoisotopic (exact) mass is 378 g/mol. The number of aryl methyl sites for hydroxylation is 1. The van der Waals surface area contributed by atoms with Crippen LogP contribution in [0.5, 0.6) is 0 Å². The number of hydrogen-bond acceptors (Lipinski definition) is 6. The second kappa shape index (κ2) is 6.74. The molecule has 28 heavy (non-hydrogen) atoms. The number of fused-ring (bicyclic) bond motifs is 1. The molecule has 0 bridgehead atoms. The lowest BCUT2D eigenvalue weighted by Crippen LogP contribution is -2.44. The Morgan fingerprint density at radius 1 is 1.14 bits per heavy atom. The van der Waals surface area contributed by atoms with E-state index < -0.39 is 0 Å². The van der Waals surface area contributed by atoms with Crippen molar-refractivity contribution in [3.05, 3.63) is 30.1 Å². The van der Waals surface area contributed by atoms with E-state index in [2.05, 4.69) is 23.3 Å². The molecular formula is C21H26N6O. The van der Waals surface area contributed by atoms with Gasteiger partial charge in [-0.2, -0.15) is 0 Å².